The van der Waals surface area contributed by atoms with Crippen LogP contribution in [0.4, 0.5) is 15.8 Å². The summed E-state index contributed by atoms with van der Waals surface area (Å²) < 4.78 is 13.3. The predicted molar refractivity (Wildman–Crippen MR) is 68.2 cm³/mol. The highest BCUT2D eigenvalue weighted by Gasteiger charge is 2.23. The number of nitro groups is 1. The third kappa shape index (κ3) is 3.78. The van der Waals surface area contributed by atoms with Crippen LogP contribution in [0.2, 0.25) is 5.02 Å². The SMILES string of the molecule is CCCN(CC(=O)O)c1cc(Cl)c(F)cc1[N+](=O)[O-]. The van der Waals surface area contributed by atoms with Gasteiger partial charge in [-0.25, -0.2) is 4.39 Å². The molecule has 1 aromatic carbocycles. The summed E-state index contributed by atoms with van der Waals surface area (Å²) in [4.78, 5) is 22.2. The van der Waals surface area contributed by atoms with Crippen molar-refractivity contribution in [2.45, 2.75) is 13.3 Å². The number of anilines is 1. The molecule has 6 nitrogen and oxygen atoms in total. The molecule has 0 saturated carbocycles. The van der Waals surface area contributed by atoms with E-state index in [-0.39, 0.29) is 17.3 Å². The van der Waals surface area contributed by atoms with E-state index in [1.54, 1.807) is 6.92 Å². The summed E-state index contributed by atoms with van der Waals surface area (Å²) in [6.45, 7) is 1.66. The van der Waals surface area contributed by atoms with Crippen molar-refractivity contribution in [3.63, 3.8) is 0 Å². The Morgan fingerprint density at radius 3 is 2.68 bits per heavy atom. The van der Waals surface area contributed by atoms with E-state index in [0.717, 1.165) is 6.07 Å². The van der Waals surface area contributed by atoms with Crippen LogP contribution >= 0.6 is 11.6 Å². The molecule has 8 heteroatoms. The Labute approximate surface area is 113 Å². The Morgan fingerprint density at radius 1 is 1.58 bits per heavy atom. The minimum atomic E-state index is -1.14. The van der Waals surface area contributed by atoms with Gasteiger partial charge in [-0.3, -0.25) is 14.9 Å². The van der Waals surface area contributed by atoms with Gasteiger partial charge in [0.2, 0.25) is 0 Å². The van der Waals surface area contributed by atoms with Crippen LogP contribution in [-0.2, 0) is 4.79 Å². The molecule has 0 unspecified atom stereocenters. The van der Waals surface area contributed by atoms with Gasteiger partial charge >= 0.3 is 5.97 Å². The smallest absolute Gasteiger partial charge is 0.323 e. The number of halogens is 2. The Balaban J connectivity index is 3.30. The van der Waals surface area contributed by atoms with Crippen LogP contribution in [0.3, 0.4) is 0 Å². The van der Waals surface area contributed by atoms with Crippen LogP contribution in [0, 0.1) is 15.9 Å². The molecule has 0 aliphatic rings. The Kier molecular flexibility index (Phi) is 5.05. The summed E-state index contributed by atoms with van der Waals surface area (Å²) >= 11 is 5.60. The van der Waals surface area contributed by atoms with Crippen LogP contribution in [0.1, 0.15) is 13.3 Å². The lowest BCUT2D eigenvalue weighted by Gasteiger charge is -2.22. The second kappa shape index (κ2) is 6.33. The van der Waals surface area contributed by atoms with Crippen LogP contribution in [0.25, 0.3) is 0 Å². The number of aliphatic carboxylic acids is 1. The number of hydrogen-bond donors (Lipinski definition) is 1. The Hall–Kier alpha value is -1.89. The fraction of sp³-hybridized carbons (Fsp3) is 0.364. The first-order valence-corrected chi connectivity index (χ1v) is 5.84. The fourth-order valence-electron chi connectivity index (χ4n) is 1.64. The first-order chi connectivity index (χ1) is 8.86. The third-order valence-corrected chi connectivity index (χ3v) is 2.66. The molecule has 0 bridgehead atoms. The number of rotatable bonds is 6. The van der Waals surface area contributed by atoms with E-state index < -0.39 is 28.9 Å². The monoisotopic (exact) mass is 290 g/mol. The molecular weight excluding hydrogens is 279 g/mol. The number of nitro benzene ring substituents is 1. The predicted octanol–water partition coefficient (Wildman–Crippen LogP) is 2.69. The maximum atomic E-state index is 13.3. The van der Waals surface area contributed by atoms with Gasteiger partial charge in [-0.05, 0) is 12.5 Å². The highest BCUT2D eigenvalue weighted by molar-refractivity contribution is 6.31. The van der Waals surface area contributed by atoms with E-state index in [1.807, 2.05) is 0 Å². The minimum absolute atomic E-state index is 0.000602. The van der Waals surface area contributed by atoms with Gasteiger partial charge in [0.25, 0.3) is 5.69 Å². The summed E-state index contributed by atoms with van der Waals surface area (Å²) in [7, 11) is 0. The highest BCUT2D eigenvalue weighted by Crippen LogP contribution is 2.33. The molecule has 0 fully saturated rings. The Morgan fingerprint density at radius 2 is 2.21 bits per heavy atom. The lowest BCUT2D eigenvalue weighted by Crippen LogP contribution is -2.31. The van der Waals surface area contributed by atoms with Crippen LogP contribution in [-0.4, -0.2) is 29.1 Å². The molecule has 0 amide bonds. The zero-order chi connectivity index (χ0) is 14.6. The van der Waals surface area contributed by atoms with Crippen molar-refractivity contribution in [3.8, 4) is 0 Å². The largest absolute Gasteiger partial charge is 0.480 e. The average Bonchev–Trinajstić information content (AvgIpc) is 2.30. The number of carboxylic acids is 1. The summed E-state index contributed by atoms with van der Waals surface area (Å²) in [6, 6.07) is 1.77. The minimum Gasteiger partial charge on any atom is -0.480 e. The molecule has 0 aliphatic heterocycles. The topological polar surface area (TPSA) is 83.7 Å². The molecule has 0 radical (unpaired) electrons. The Bertz CT molecular complexity index is 510. The first-order valence-electron chi connectivity index (χ1n) is 5.47. The first kappa shape index (κ1) is 15.2. The summed E-state index contributed by atoms with van der Waals surface area (Å²) in [6.07, 6.45) is 0.583. The lowest BCUT2D eigenvalue weighted by molar-refractivity contribution is -0.384. The second-order valence-corrected chi connectivity index (χ2v) is 4.23. The molecule has 0 heterocycles. The molecule has 0 saturated heterocycles. The average molecular weight is 291 g/mol. The molecule has 19 heavy (non-hydrogen) atoms. The van der Waals surface area contributed by atoms with E-state index in [2.05, 4.69) is 0 Å². The van der Waals surface area contributed by atoms with Gasteiger partial charge in [-0.1, -0.05) is 18.5 Å². The highest BCUT2D eigenvalue weighted by atomic mass is 35.5. The van der Waals surface area contributed by atoms with E-state index in [1.165, 1.54) is 4.90 Å². The third-order valence-electron chi connectivity index (χ3n) is 2.37. The molecule has 0 aliphatic carbocycles. The molecule has 0 aromatic heterocycles. The molecular formula is C11H12ClFN2O4. The standard InChI is InChI=1S/C11H12ClFN2O4/c1-2-3-14(6-11(16)17)9-4-7(12)8(13)5-10(9)15(18)19/h4-5H,2-3,6H2,1H3,(H,16,17). The van der Waals surface area contributed by atoms with Crippen LogP contribution in [0.5, 0.6) is 0 Å². The quantitative estimate of drug-likeness (QED) is 0.643. The number of carboxylic acid groups (broad SMARTS) is 1. The summed E-state index contributed by atoms with van der Waals surface area (Å²) in [5, 5.41) is 19.4. The van der Waals surface area contributed by atoms with Crippen molar-refractivity contribution in [3.05, 3.63) is 33.1 Å². The fourth-order valence-corrected chi connectivity index (χ4v) is 1.80. The normalized spacial score (nSPS) is 10.3. The maximum Gasteiger partial charge on any atom is 0.323 e. The summed E-state index contributed by atoms with van der Waals surface area (Å²) in [5.41, 5.74) is -0.503. The molecule has 104 valence electrons. The van der Waals surface area contributed by atoms with Crippen molar-refractivity contribution in [1.82, 2.24) is 0 Å². The molecule has 1 rings (SSSR count). The van der Waals surface area contributed by atoms with Crippen molar-refractivity contribution >= 4 is 28.9 Å². The maximum absolute atomic E-state index is 13.3. The number of benzene rings is 1. The lowest BCUT2D eigenvalue weighted by atomic mass is 10.2. The van der Waals surface area contributed by atoms with Gasteiger partial charge in [-0.2, -0.15) is 0 Å². The van der Waals surface area contributed by atoms with Gasteiger partial charge in [0.05, 0.1) is 16.0 Å². The number of carbonyl (C=O) groups is 1. The molecule has 1 N–H and O–H groups in total. The molecule has 1 aromatic rings. The van der Waals surface area contributed by atoms with Gasteiger partial charge in [0, 0.05) is 6.54 Å². The zero-order valence-corrected chi connectivity index (χ0v) is 10.9. The van der Waals surface area contributed by atoms with Gasteiger partial charge in [-0.15, -0.1) is 0 Å². The van der Waals surface area contributed by atoms with E-state index in [4.69, 9.17) is 16.7 Å². The van der Waals surface area contributed by atoms with Gasteiger partial charge in [0.15, 0.2) is 0 Å². The van der Waals surface area contributed by atoms with Crippen LogP contribution < -0.4 is 4.90 Å². The number of hydrogen-bond acceptors (Lipinski definition) is 4. The molecule has 0 atom stereocenters. The van der Waals surface area contributed by atoms with E-state index in [0.29, 0.717) is 12.5 Å². The van der Waals surface area contributed by atoms with Crippen molar-refractivity contribution in [2.24, 2.45) is 0 Å². The van der Waals surface area contributed by atoms with Crippen molar-refractivity contribution in [2.75, 3.05) is 18.0 Å². The van der Waals surface area contributed by atoms with Crippen molar-refractivity contribution in [1.29, 1.82) is 0 Å². The molecule has 0 spiro atoms. The number of nitrogens with zero attached hydrogens (tertiary/aromatic N) is 2. The second-order valence-electron chi connectivity index (χ2n) is 3.83. The summed E-state index contributed by atoms with van der Waals surface area (Å²) in [5.74, 6) is -2.05. The van der Waals surface area contributed by atoms with E-state index in [9.17, 15) is 19.3 Å². The van der Waals surface area contributed by atoms with Crippen LogP contribution in [0.15, 0.2) is 12.1 Å². The van der Waals surface area contributed by atoms with Gasteiger partial charge in [0.1, 0.15) is 18.0 Å². The van der Waals surface area contributed by atoms with E-state index >= 15 is 0 Å². The zero-order valence-electron chi connectivity index (χ0n) is 10.1. The van der Waals surface area contributed by atoms with Crippen molar-refractivity contribution < 1.29 is 19.2 Å². The van der Waals surface area contributed by atoms with Gasteiger partial charge < -0.3 is 10.0 Å².